The summed E-state index contributed by atoms with van der Waals surface area (Å²) in [7, 11) is 0. The lowest BCUT2D eigenvalue weighted by Gasteiger charge is -2.24. The summed E-state index contributed by atoms with van der Waals surface area (Å²) >= 11 is 0. The highest BCUT2D eigenvalue weighted by Gasteiger charge is 2.31. The van der Waals surface area contributed by atoms with E-state index >= 15 is 0 Å². The van der Waals surface area contributed by atoms with Crippen LogP contribution in [-0.4, -0.2) is 61.0 Å². The van der Waals surface area contributed by atoms with Crippen LogP contribution in [0.2, 0.25) is 0 Å². The average Bonchev–Trinajstić information content (AvgIpc) is 3.17. The van der Waals surface area contributed by atoms with E-state index in [1.807, 2.05) is 48.5 Å². The van der Waals surface area contributed by atoms with E-state index < -0.39 is 42.6 Å². The third kappa shape index (κ3) is 6.60. The molecule has 0 bridgehead atoms. The third-order valence-electron chi connectivity index (χ3n) is 5.89. The van der Waals surface area contributed by atoms with E-state index in [1.54, 1.807) is 13.8 Å². The van der Waals surface area contributed by atoms with E-state index in [-0.39, 0.29) is 25.2 Å². The number of ether oxygens (including phenoxy) is 2. The molecule has 0 fully saturated rings. The molecule has 0 radical (unpaired) electrons. The largest absolute Gasteiger partial charge is 0.480 e. The van der Waals surface area contributed by atoms with Crippen molar-refractivity contribution in [1.29, 1.82) is 0 Å². The number of alkyl carbamates (subject to hydrolysis) is 1. The molecule has 0 saturated carbocycles. The zero-order valence-corrected chi connectivity index (χ0v) is 20.4. The molecular formula is C26H31N3O7. The van der Waals surface area contributed by atoms with Crippen molar-refractivity contribution in [2.24, 2.45) is 5.92 Å². The van der Waals surface area contributed by atoms with E-state index in [2.05, 4.69) is 16.0 Å². The number of carbonyl (C=O) groups is 4. The molecule has 36 heavy (non-hydrogen) atoms. The SMILES string of the molecule is CC(C)[C@H](NC(=O)OCC1c2ccccc2-c2ccccc21)C(=O)N[C@@H](C)C(=O)NCOCC(=O)O. The molecular weight excluding hydrogens is 466 g/mol. The van der Waals surface area contributed by atoms with Gasteiger partial charge in [-0.15, -0.1) is 0 Å². The van der Waals surface area contributed by atoms with E-state index in [0.717, 1.165) is 22.3 Å². The summed E-state index contributed by atoms with van der Waals surface area (Å²) < 4.78 is 10.3. The van der Waals surface area contributed by atoms with Crippen LogP contribution in [0.1, 0.15) is 37.8 Å². The number of rotatable bonds is 11. The van der Waals surface area contributed by atoms with Crippen LogP contribution in [-0.2, 0) is 23.9 Å². The average molecular weight is 498 g/mol. The van der Waals surface area contributed by atoms with Gasteiger partial charge >= 0.3 is 12.1 Å². The van der Waals surface area contributed by atoms with Crippen molar-refractivity contribution in [3.8, 4) is 11.1 Å². The lowest BCUT2D eigenvalue weighted by atomic mass is 9.98. The van der Waals surface area contributed by atoms with Crippen molar-refractivity contribution >= 4 is 23.9 Å². The van der Waals surface area contributed by atoms with Crippen molar-refractivity contribution in [1.82, 2.24) is 16.0 Å². The van der Waals surface area contributed by atoms with Gasteiger partial charge in [0.15, 0.2) is 0 Å². The maximum Gasteiger partial charge on any atom is 0.407 e. The highest BCUT2D eigenvalue weighted by molar-refractivity contribution is 5.91. The molecule has 3 rings (SSSR count). The molecule has 0 spiro atoms. The Hall–Kier alpha value is -3.92. The van der Waals surface area contributed by atoms with Gasteiger partial charge in [-0.3, -0.25) is 9.59 Å². The molecule has 1 aliphatic carbocycles. The Morgan fingerprint density at radius 3 is 2.03 bits per heavy atom. The van der Waals surface area contributed by atoms with Gasteiger partial charge in [-0.05, 0) is 35.1 Å². The first-order chi connectivity index (χ1) is 17.2. The summed E-state index contributed by atoms with van der Waals surface area (Å²) in [5, 5.41) is 16.1. The summed E-state index contributed by atoms with van der Waals surface area (Å²) in [6.45, 7) is 4.24. The van der Waals surface area contributed by atoms with Gasteiger partial charge in [0.05, 0.1) is 0 Å². The molecule has 10 nitrogen and oxygen atoms in total. The molecule has 10 heteroatoms. The zero-order valence-electron chi connectivity index (χ0n) is 20.4. The first-order valence-corrected chi connectivity index (χ1v) is 11.7. The van der Waals surface area contributed by atoms with Crippen LogP contribution in [0.5, 0.6) is 0 Å². The van der Waals surface area contributed by atoms with Gasteiger partial charge in [-0.2, -0.15) is 0 Å². The van der Waals surface area contributed by atoms with Crippen LogP contribution in [0.25, 0.3) is 11.1 Å². The van der Waals surface area contributed by atoms with Crippen molar-refractivity contribution in [2.45, 2.75) is 38.8 Å². The standard InChI is InChI=1S/C26H31N3O7/c1-15(2)23(25(33)28-16(3)24(32)27-14-35-13-22(30)31)29-26(34)36-12-21-19-10-6-4-8-17(19)18-9-5-7-11-20(18)21/h4-11,15-16,21,23H,12-14H2,1-3H3,(H,27,32)(H,28,33)(H,29,34)(H,30,31)/t16-,23-/m0/s1. The number of carboxylic acid groups (broad SMARTS) is 1. The molecule has 0 unspecified atom stereocenters. The fourth-order valence-electron chi connectivity index (χ4n) is 4.08. The van der Waals surface area contributed by atoms with Gasteiger partial charge in [-0.1, -0.05) is 62.4 Å². The lowest BCUT2D eigenvalue weighted by Crippen LogP contribution is -2.54. The fraction of sp³-hybridized carbons (Fsp3) is 0.385. The van der Waals surface area contributed by atoms with Crippen LogP contribution in [0.15, 0.2) is 48.5 Å². The number of hydrogen-bond donors (Lipinski definition) is 4. The van der Waals surface area contributed by atoms with Crippen molar-refractivity contribution in [3.63, 3.8) is 0 Å². The number of aliphatic carboxylic acids is 1. The Balaban J connectivity index is 1.54. The normalized spacial score (nSPS) is 13.8. The van der Waals surface area contributed by atoms with E-state index in [1.165, 1.54) is 6.92 Å². The Bertz CT molecular complexity index is 1070. The number of fused-ring (bicyclic) bond motifs is 3. The lowest BCUT2D eigenvalue weighted by molar-refractivity contribution is -0.143. The van der Waals surface area contributed by atoms with Gasteiger partial charge in [0, 0.05) is 5.92 Å². The van der Waals surface area contributed by atoms with Gasteiger partial charge in [0.2, 0.25) is 11.8 Å². The van der Waals surface area contributed by atoms with Crippen molar-refractivity contribution in [2.75, 3.05) is 19.9 Å². The number of carbonyl (C=O) groups excluding carboxylic acids is 3. The molecule has 0 aliphatic heterocycles. The number of benzene rings is 2. The van der Waals surface area contributed by atoms with Crippen LogP contribution in [0.3, 0.4) is 0 Å². The molecule has 192 valence electrons. The summed E-state index contributed by atoms with van der Waals surface area (Å²) in [4.78, 5) is 48.0. The smallest absolute Gasteiger partial charge is 0.407 e. The number of hydrogen-bond acceptors (Lipinski definition) is 6. The molecule has 2 aromatic carbocycles. The topological polar surface area (TPSA) is 143 Å². The Morgan fingerprint density at radius 2 is 1.47 bits per heavy atom. The zero-order chi connectivity index (χ0) is 26.2. The van der Waals surface area contributed by atoms with Gasteiger partial charge in [0.25, 0.3) is 0 Å². The first-order valence-electron chi connectivity index (χ1n) is 11.7. The number of nitrogens with one attached hydrogen (secondary N) is 3. The molecule has 0 saturated heterocycles. The molecule has 2 aromatic rings. The molecule has 0 heterocycles. The fourth-order valence-corrected chi connectivity index (χ4v) is 4.08. The third-order valence-corrected chi connectivity index (χ3v) is 5.89. The minimum atomic E-state index is -1.16. The molecule has 2 atom stereocenters. The predicted molar refractivity (Wildman–Crippen MR) is 131 cm³/mol. The molecule has 1 aliphatic rings. The van der Waals surface area contributed by atoms with Gasteiger partial charge in [0.1, 0.15) is 32.0 Å². The highest BCUT2D eigenvalue weighted by Crippen LogP contribution is 2.44. The monoisotopic (exact) mass is 497 g/mol. The first kappa shape index (κ1) is 26.7. The quantitative estimate of drug-likeness (QED) is 0.275. The Morgan fingerprint density at radius 1 is 0.889 bits per heavy atom. The maximum atomic E-state index is 12.8. The van der Waals surface area contributed by atoms with Gasteiger partial charge in [-0.25, -0.2) is 9.59 Å². The summed E-state index contributed by atoms with van der Waals surface area (Å²) in [6, 6.07) is 14.1. The van der Waals surface area contributed by atoms with Crippen molar-refractivity contribution < 1.29 is 33.8 Å². The number of amides is 3. The van der Waals surface area contributed by atoms with E-state index in [9.17, 15) is 19.2 Å². The van der Waals surface area contributed by atoms with Crippen LogP contribution >= 0.6 is 0 Å². The summed E-state index contributed by atoms with van der Waals surface area (Å²) in [5.74, 6) is -2.66. The van der Waals surface area contributed by atoms with Crippen molar-refractivity contribution in [3.05, 3.63) is 59.7 Å². The molecule has 4 N–H and O–H groups in total. The van der Waals surface area contributed by atoms with Gasteiger partial charge < -0.3 is 30.5 Å². The molecule has 0 aromatic heterocycles. The van der Waals surface area contributed by atoms with E-state index in [4.69, 9.17) is 14.6 Å². The minimum absolute atomic E-state index is 0.110. The summed E-state index contributed by atoms with van der Waals surface area (Å²) in [6.07, 6.45) is -0.732. The Kier molecular flexibility index (Phi) is 9.02. The highest BCUT2D eigenvalue weighted by atomic mass is 16.5. The second-order valence-corrected chi connectivity index (χ2v) is 8.85. The Labute approximate surface area is 209 Å². The minimum Gasteiger partial charge on any atom is -0.480 e. The van der Waals surface area contributed by atoms with Crippen LogP contribution < -0.4 is 16.0 Å². The number of carboxylic acids is 1. The molecule has 3 amide bonds. The second kappa shape index (κ2) is 12.2. The predicted octanol–water partition coefficient (Wildman–Crippen LogP) is 2.23. The van der Waals surface area contributed by atoms with Crippen LogP contribution in [0.4, 0.5) is 4.79 Å². The second-order valence-electron chi connectivity index (χ2n) is 8.85. The summed E-state index contributed by atoms with van der Waals surface area (Å²) in [5.41, 5.74) is 4.39. The van der Waals surface area contributed by atoms with Crippen LogP contribution in [0, 0.1) is 5.92 Å². The van der Waals surface area contributed by atoms with E-state index in [0.29, 0.717) is 0 Å². The maximum absolute atomic E-state index is 12.8.